The number of aromatic carboxylic acids is 1. The van der Waals surface area contributed by atoms with E-state index in [2.05, 4.69) is 5.32 Å². The second-order valence-electron chi connectivity index (χ2n) is 3.82. The van der Waals surface area contributed by atoms with Crippen LogP contribution in [0.5, 0.6) is 0 Å². The SMILES string of the molecule is O=C(O)c1ccsc1NC(=O)c1cccc([N+](=O)[O-])c1Cl. The van der Waals surface area contributed by atoms with E-state index in [-0.39, 0.29) is 21.2 Å². The number of nitrogens with one attached hydrogen (secondary N) is 1. The molecule has 0 aliphatic rings. The predicted octanol–water partition coefficient (Wildman–Crippen LogP) is 3.26. The minimum absolute atomic E-state index is 0.0603. The average Bonchev–Trinajstić information content (AvgIpc) is 2.86. The van der Waals surface area contributed by atoms with E-state index in [4.69, 9.17) is 16.7 Å². The van der Waals surface area contributed by atoms with Crippen LogP contribution in [0.15, 0.2) is 29.6 Å². The molecular weight excluding hydrogens is 320 g/mol. The number of nitrogens with zero attached hydrogens (tertiary/aromatic N) is 1. The monoisotopic (exact) mass is 326 g/mol. The molecule has 7 nitrogen and oxygen atoms in total. The molecule has 9 heteroatoms. The fourth-order valence-corrected chi connectivity index (χ4v) is 2.64. The molecule has 2 aromatic rings. The number of carboxylic acid groups (broad SMARTS) is 1. The lowest BCUT2D eigenvalue weighted by atomic mass is 10.2. The zero-order valence-electron chi connectivity index (χ0n) is 10.2. The summed E-state index contributed by atoms with van der Waals surface area (Å²) in [7, 11) is 0. The normalized spacial score (nSPS) is 10.1. The molecule has 0 aliphatic carbocycles. The van der Waals surface area contributed by atoms with Crippen LogP contribution in [0.2, 0.25) is 5.02 Å². The number of nitro groups is 1. The van der Waals surface area contributed by atoms with Crippen molar-refractivity contribution in [1.82, 2.24) is 0 Å². The van der Waals surface area contributed by atoms with Gasteiger partial charge in [-0.25, -0.2) is 4.79 Å². The van der Waals surface area contributed by atoms with Gasteiger partial charge >= 0.3 is 5.97 Å². The van der Waals surface area contributed by atoms with Gasteiger partial charge in [-0.1, -0.05) is 17.7 Å². The van der Waals surface area contributed by atoms with Crippen molar-refractivity contribution < 1.29 is 19.6 Å². The van der Waals surface area contributed by atoms with Gasteiger partial charge in [0, 0.05) is 6.07 Å². The Labute approximate surface area is 126 Å². The molecule has 0 radical (unpaired) electrons. The zero-order valence-corrected chi connectivity index (χ0v) is 11.8. The van der Waals surface area contributed by atoms with E-state index in [1.165, 1.54) is 29.6 Å². The van der Waals surface area contributed by atoms with Crippen LogP contribution in [-0.4, -0.2) is 21.9 Å². The molecule has 0 saturated heterocycles. The highest BCUT2D eigenvalue weighted by molar-refractivity contribution is 7.14. The fraction of sp³-hybridized carbons (Fsp3) is 0. The lowest BCUT2D eigenvalue weighted by molar-refractivity contribution is -0.384. The lowest BCUT2D eigenvalue weighted by Gasteiger charge is -2.06. The van der Waals surface area contributed by atoms with E-state index < -0.39 is 22.5 Å². The number of thiophene rings is 1. The number of hydrogen-bond donors (Lipinski definition) is 2. The number of anilines is 1. The van der Waals surface area contributed by atoms with Crippen LogP contribution >= 0.6 is 22.9 Å². The van der Waals surface area contributed by atoms with E-state index in [0.717, 1.165) is 11.3 Å². The maximum Gasteiger partial charge on any atom is 0.338 e. The van der Waals surface area contributed by atoms with E-state index in [0.29, 0.717) is 0 Å². The van der Waals surface area contributed by atoms with E-state index >= 15 is 0 Å². The molecule has 0 aliphatic heterocycles. The first-order valence-corrected chi connectivity index (χ1v) is 6.72. The number of carboxylic acids is 1. The number of halogens is 1. The maximum atomic E-state index is 12.1. The topological polar surface area (TPSA) is 110 Å². The summed E-state index contributed by atoms with van der Waals surface area (Å²) in [6.45, 7) is 0. The summed E-state index contributed by atoms with van der Waals surface area (Å²) < 4.78 is 0. The van der Waals surface area contributed by atoms with Crippen LogP contribution in [0.1, 0.15) is 20.7 Å². The molecular formula is C12H7ClN2O5S. The molecule has 0 unspecified atom stereocenters. The van der Waals surface area contributed by atoms with Crippen LogP contribution in [0.4, 0.5) is 10.7 Å². The summed E-state index contributed by atoms with van der Waals surface area (Å²) >= 11 is 6.85. The number of carbonyl (C=O) groups excluding carboxylic acids is 1. The number of carbonyl (C=O) groups is 2. The number of rotatable bonds is 4. The maximum absolute atomic E-state index is 12.1. The van der Waals surface area contributed by atoms with Crippen molar-refractivity contribution in [1.29, 1.82) is 0 Å². The summed E-state index contributed by atoms with van der Waals surface area (Å²) in [5.41, 5.74) is -0.556. The van der Waals surface area contributed by atoms with Gasteiger partial charge in [0.15, 0.2) is 0 Å². The summed E-state index contributed by atoms with van der Waals surface area (Å²) in [6, 6.07) is 5.16. The van der Waals surface area contributed by atoms with E-state index in [1.54, 1.807) is 0 Å². The quantitative estimate of drug-likeness (QED) is 0.662. The van der Waals surface area contributed by atoms with Crippen molar-refractivity contribution in [2.45, 2.75) is 0 Å². The summed E-state index contributed by atoms with van der Waals surface area (Å²) in [4.78, 5) is 33.1. The molecule has 1 amide bonds. The highest BCUT2D eigenvalue weighted by Crippen LogP contribution is 2.29. The third kappa shape index (κ3) is 3.01. The van der Waals surface area contributed by atoms with Gasteiger partial charge in [0.05, 0.1) is 16.1 Å². The van der Waals surface area contributed by atoms with Gasteiger partial charge in [0.2, 0.25) is 0 Å². The second-order valence-corrected chi connectivity index (χ2v) is 5.11. The molecule has 1 aromatic carbocycles. The highest BCUT2D eigenvalue weighted by Gasteiger charge is 2.21. The Morgan fingerprint density at radius 1 is 1.29 bits per heavy atom. The van der Waals surface area contributed by atoms with Crippen LogP contribution in [0.3, 0.4) is 0 Å². The standard InChI is InChI=1S/C12H7ClN2O5S/c13-9-6(2-1-3-8(9)15(19)20)10(16)14-11-7(12(17)18)4-5-21-11/h1-5H,(H,14,16)(H,17,18). The first-order valence-electron chi connectivity index (χ1n) is 5.47. The van der Waals surface area contributed by atoms with Gasteiger partial charge in [-0.15, -0.1) is 11.3 Å². The average molecular weight is 327 g/mol. The minimum atomic E-state index is -1.18. The fourth-order valence-electron chi connectivity index (χ4n) is 1.58. The predicted molar refractivity (Wildman–Crippen MR) is 77.3 cm³/mol. The van der Waals surface area contributed by atoms with E-state index in [9.17, 15) is 19.7 Å². The Bertz CT molecular complexity index is 743. The van der Waals surface area contributed by atoms with Gasteiger partial charge in [-0.05, 0) is 17.5 Å². The Morgan fingerprint density at radius 3 is 2.62 bits per heavy atom. The van der Waals surface area contributed by atoms with Crippen LogP contribution in [-0.2, 0) is 0 Å². The van der Waals surface area contributed by atoms with Crippen molar-refractivity contribution in [3.8, 4) is 0 Å². The third-order valence-electron chi connectivity index (χ3n) is 2.54. The molecule has 108 valence electrons. The smallest absolute Gasteiger partial charge is 0.338 e. The van der Waals surface area contributed by atoms with Crippen molar-refractivity contribution >= 4 is 45.5 Å². The first-order chi connectivity index (χ1) is 9.91. The summed E-state index contributed by atoms with van der Waals surface area (Å²) in [5.74, 6) is -1.90. The third-order valence-corrected chi connectivity index (χ3v) is 3.77. The molecule has 21 heavy (non-hydrogen) atoms. The van der Waals surface area contributed by atoms with Gasteiger partial charge in [0.1, 0.15) is 10.0 Å². The van der Waals surface area contributed by atoms with Crippen LogP contribution in [0, 0.1) is 10.1 Å². The molecule has 0 atom stereocenters. The molecule has 1 heterocycles. The van der Waals surface area contributed by atoms with Crippen molar-refractivity contribution in [2.75, 3.05) is 5.32 Å². The molecule has 0 saturated carbocycles. The molecule has 0 spiro atoms. The first kappa shape index (κ1) is 14.9. The van der Waals surface area contributed by atoms with Gasteiger partial charge in [-0.3, -0.25) is 14.9 Å². The number of benzene rings is 1. The van der Waals surface area contributed by atoms with Gasteiger partial charge in [-0.2, -0.15) is 0 Å². The molecule has 2 rings (SSSR count). The van der Waals surface area contributed by atoms with Crippen LogP contribution in [0.25, 0.3) is 0 Å². The Morgan fingerprint density at radius 2 is 2.00 bits per heavy atom. The number of nitro benzene ring substituents is 1. The Balaban J connectivity index is 2.33. The Hall–Kier alpha value is -2.45. The lowest BCUT2D eigenvalue weighted by Crippen LogP contribution is -2.14. The summed E-state index contributed by atoms with van der Waals surface area (Å²) in [6.07, 6.45) is 0. The van der Waals surface area contributed by atoms with Crippen LogP contribution < -0.4 is 5.32 Å². The van der Waals surface area contributed by atoms with E-state index in [1.807, 2.05) is 0 Å². The minimum Gasteiger partial charge on any atom is -0.478 e. The summed E-state index contributed by atoms with van der Waals surface area (Å²) in [5, 5.41) is 23.5. The highest BCUT2D eigenvalue weighted by atomic mass is 35.5. The largest absolute Gasteiger partial charge is 0.478 e. The zero-order chi connectivity index (χ0) is 15.6. The second kappa shape index (κ2) is 5.90. The van der Waals surface area contributed by atoms with Crippen molar-refractivity contribution in [3.05, 3.63) is 55.9 Å². The van der Waals surface area contributed by atoms with Gasteiger partial charge in [0.25, 0.3) is 11.6 Å². The van der Waals surface area contributed by atoms with Crippen molar-refractivity contribution in [3.63, 3.8) is 0 Å². The number of amides is 1. The molecule has 1 aromatic heterocycles. The molecule has 0 fully saturated rings. The number of hydrogen-bond acceptors (Lipinski definition) is 5. The van der Waals surface area contributed by atoms with Crippen molar-refractivity contribution in [2.24, 2.45) is 0 Å². The molecule has 0 bridgehead atoms. The van der Waals surface area contributed by atoms with Gasteiger partial charge < -0.3 is 10.4 Å². The Kier molecular flexibility index (Phi) is 4.20. The molecule has 2 N–H and O–H groups in total.